The highest BCUT2D eigenvalue weighted by molar-refractivity contribution is 6.33. The summed E-state index contributed by atoms with van der Waals surface area (Å²) in [6, 6.07) is 10.6. The van der Waals surface area contributed by atoms with Crippen LogP contribution in [0, 0.1) is 5.95 Å². The van der Waals surface area contributed by atoms with E-state index in [1.165, 1.54) is 18.5 Å². The number of anilines is 1. The van der Waals surface area contributed by atoms with Crippen molar-refractivity contribution >= 4 is 34.7 Å². The summed E-state index contributed by atoms with van der Waals surface area (Å²) < 4.78 is 13.3. The highest BCUT2D eigenvalue weighted by Crippen LogP contribution is 2.34. The van der Waals surface area contributed by atoms with Gasteiger partial charge in [-0.1, -0.05) is 30.7 Å². The van der Waals surface area contributed by atoms with Gasteiger partial charge in [-0.25, -0.2) is 9.98 Å². The maximum Gasteiger partial charge on any atom is 0.253 e. The van der Waals surface area contributed by atoms with E-state index in [1.54, 1.807) is 0 Å². The van der Waals surface area contributed by atoms with Crippen LogP contribution in [0.2, 0.25) is 5.02 Å². The predicted octanol–water partition coefficient (Wildman–Crippen LogP) is 4.03. The number of carbonyl (C=O) groups is 1. The van der Waals surface area contributed by atoms with Gasteiger partial charge in [-0.2, -0.15) is 4.39 Å². The summed E-state index contributed by atoms with van der Waals surface area (Å²) in [7, 11) is 0. The van der Waals surface area contributed by atoms with Crippen LogP contribution in [0.5, 0.6) is 0 Å². The molecule has 0 radical (unpaired) electrons. The standard InChI is InChI=1S/C23H28ClFN6O/c1-2-23(10-7-15(8-11-23)30-19-6-4-3-5-18(19)24)29-14-17(22(27)32)21(26)31-16-9-12-28-20(25)13-16/h3-6,9,12-15,29-30H,2,7-8,10-11H2,1H3,(H2,27,32)(H2,26,28,31)/b17-14+. The van der Waals surface area contributed by atoms with E-state index < -0.39 is 11.9 Å². The lowest BCUT2D eigenvalue weighted by atomic mass is 9.77. The van der Waals surface area contributed by atoms with Gasteiger partial charge in [-0.15, -0.1) is 0 Å². The third-order valence-electron chi connectivity index (χ3n) is 5.88. The van der Waals surface area contributed by atoms with Gasteiger partial charge < -0.3 is 22.1 Å². The Kier molecular flexibility index (Phi) is 7.69. The molecule has 32 heavy (non-hydrogen) atoms. The minimum absolute atomic E-state index is 0.0476. The third-order valence-corrected chi connectivity index (χ3v) is 6.21. The Hall–Kier alpha value is -3.13. The third kappa shape index (κ3) is 5.97. The quantitative estimate of drug-likeness (QED) is 0.206. The number of nitrogens with two attached hydrogens (primary N) is 2. The average Bonchev–Trinajstić information content (AvgIpc) is 2.76. The van der Waals surface area contributed by atoms with E-state index in [0.717, 1.165) is 43.9 Å². The van der Waals surface area contributed by atoms with Crippen LogP contribution < -0.4 is 22.1 Å². The minimum atomic E-state index is -0.714. The molecular formula is C23H28ClFN6O. The fourth-order valence-corrected chi connectivity index (χ4v) is 4.06. The van der Waals surface area contributed by atoms with E-state index >= 15 is 0 Å². The van der Waals surface area contributed by atoms with Crippen molar-refractivity contribution in [2.75, 3.05) is 5.32 Å². The summed E-state index contributed by atoms with van der Waals surface area (Å²) in [6.45, 7) is 2.10. The van der Waals surface area contributed by atoms with Crippen molar-refractivity contribution < 1.29 is 9.18 Å². The Balaban J connectivity index is 1.69. The Bertz CT molecular complexity index is 1020. The molecule has 1 aromatic heterocycles. The molecule has 1 saturated carbocycles. The first-order valence-electron chi connectivity index (χ1n) is 10.6. The first-order chi connectivity index (χ1) is 15.3. The number of aliphatic imine (C=N–C) groups is 1. The average molecular weight is 459 g/mol. The number of rotatable bonds is 8. The molecular weight excluding hydrogens is 431 g/mol. The Morgan fingerprint density at radius 3 is 2.66 bits per heavy atom. The fourth-order valence-electron chi connectivity index (χ4n) is 3.87. The molecule has 0 saturated heterocycles. The van der Waals surface area contributed by atoms with E-state index in [2.05, 4.69) is 27.5 Å². The summed E-state index contributed by atoms with van der Waals surface area (Å²) in [5, 5.41) is 7.60. The molecule has 6 N–H and O–H groups in total. The SMILES string of the molecule is CCC1(N/C=C(/C(N)=O)C(N)=Nc2ccnc(F)c2)CCC(Nc2ccccc2Cl)CC1. The number of amidine groups is 1. The van der Waals surface area contributed by atoms with Gasteiger partial charge in [0, 0.05) is 30.0 Å². The molecule has 7 nitrogen and oxygen atoms in total. The fraction of sp³-hybridized carbons (Fsp3) is 0.348. The van der Waals surface area contributed by atoms with Crippen LogP contribution >= 0.6 is 11.6 Å². The second kappa shape index (κ2) is 10.5. The number of nitrogens with zero attached hydrogens (tertiary/aromatic N) is 2. The van der Waals surface area contributed by atoms with Crippen LogP contribution in [0.4, 0.5) is 15.8 Å². The number of halogens is 2. The van der Waals surface area contributed by atoms with Crippen LogP contribution in [0.3, 0.4) is 0 Å². The summed E-state index contributed by atoms with van der Waals surface area (Å²) in [5.74, 6) is -1.49. The number of aromatic nitrogens is 1. The number of hydrogen-bond acceptors (Lipinski definition) is 5. The van der Waals surface area contributed by atoms with Crippen molar-refractivity contribution in [3.63, 3.8) is 0 Å². The number of amides is 1. The first-order valence-corrected chi connectivity index (χ1v) is 10.9. The van der Waals surface area contributed by atoms with Crippen LogP contribution in [0.15, 0.2) is 59.4 Å². The van der Waals surface area contributed by atoms with Crippen LogP contribution in [0.1, 0.15) is 39.0 Å². The molecule has 1 aromatic carbocycles. The Labute approximate surface area is 192 Å². The van der Waals surface area contributed by atoms with Crippen molar-refractivity contribution in [3.8, 4) is 0 Å². The molecule has 0 bridgehead atoms. The van der Waals surface area contributed by atoms with Crippen molar-refractivity contribution in [3.05, 3.63) is 65.3 Å². The molecule has 1 aliphatic carbocycles. The maximum atomic E-state index is 13.3. The van der Waals surface area contributed by atoms with Gasteiger partial charge in [0.1, 0.15) is 5.84 Å². The number of hydrogen-bond donors (Lipinski definition) is 4. The zero-order chi connectivity index (χ0) is 23.1. The van der Waals surface area contributed by atoms with Gasteiger partial charge in [0.05, 0.1) is 22.0 Å². The lowest BCUT2D eigenvalue weighted by Crippen LogP contribution is -2.47. The topological polar surface area (TPSA) is 118 Å². The first kappa shape index (κ1) is 23.5. The van der Waals surface area contributed by atoms with Crippen LogP contribution in [0.25, 0.3) is 0 Å². The molecule has 3 rings (SSSR count). The van der Waals surface area contributed by atoms with Gasteiger partial charge in [-0.3, -0.25) is 4.79 Å². The molecule has 0 spiro atoms. The molecule has 170 valence electrons. The lowest BCUT2D eigenvalue weighted by molar-refractivity contribution is -0.114. The Morgan fingerprint density at radius 1 is 1.31 bits per heavy atom. The van der Waals surface area contributed by atoms with Crippen molar-refractivity contribution in [2.24, 2.45) is 16.5 Å². The van der Waals surface area contributed by atoms with E-state index in [9.17, 15) is 9.18 Å². The van der Waals surface area contributed by atoms with Gasteiger partial charge in [0.25, 0.3) is 5.91 Å². The van der Waals surface area contributed by atoms with Gasteiger partial charge in [-0.05, 0) is 50.3 Å². The largest absolute Gasteiger partial charge is 0.385 e. The monoisotopic (exact) mass is 458 g/mol. The second-order valence-corrected chi connectivity index (χ2v) is 8.34. The molecule has 1 amide bonds. The Morgan fingerprint density at radius 2 is 2.03 bits per heavy atom. The minimum Gasteiger partial charge on any atom is -0.385 e. The number of primary amides is 1. The van der Waals surface area contributed by atoms with E-state index in [1.807, 2.05) is 24.3 Å². The summed E-state index contributed by atoms with van der Waals surface area (Å²) >= 11 is 6.26. The van der Waals surface area contributed by atoms with Gasteiger partial charge in [0.2, 0.25) is 5.95 Å². The zero-order valence-electron chi connectivity index (χ0n) is 17.9. The molecule has 1 aliphatic rings. The van der Waals surface area contributed by atoms with E-state index in [0.29, 0.717) is 11.1 Å². The molecule has 0 atom stereocenters. The summed E-state index contributed by atoms with van der Waals surface area (Å²) in [6.07, 6.45) is 7.32. The smallest absolute Gasteiger partial charge is 0.253 e. The van der Waals surface area contributed by atoms with Crippen molar-refractivity contribution in [1.29, 1.82) is 0 Å². The lowest BCUT2D eigenvalue weighted by Gasteiger charge is -2.41. The van der Waals surface area contributed by atoms with Crippen LogP contribution in [-0.2, 0) is 4.79 Å². The molecule has 2 aromatic rings. The van der Waals surface area contributed by atoms with Gasteiger partial charge in [0.15, 0.2) is 0 Å². The van der Waals surface area contributed by atoms with E-state index in [4.69, 9.17) is 23.1 Å². The maximum absolute atomic E-state index is 13.3. The summed E-state index contributed by atoms with van der Waals surface area (Å²) in [5.41, 5.74) is 12.6. The summed E-state index contributed by atoms with van der Waals surface area (Å²) in [4.78, 5) is 19.6. The second-order valence-electron chi connectivity index (χ2n) is 7.93. The number of nitrogens with one attached hydrogen (secondary N) is 2. The normalized spacial score (nSPS) is 21.8. The highest BCUT2D eigenvalue weighted by atomic mass is 35.5. The molecule has 9 heteroatoms. The van der Waals surface area contributed by atoms with E-state index in [-0.39, 0.29) is 22.6 Å². The number of pyridine rings is 1. The number of para-hydroxylation sites is 1. The molecule has 1 fully saturated rings. The van der Waals surface area contributed by atoms with Crippen molar-refractivity contribution in [1.82, 2.24) is 10.3 Å². The molecule has 0 aliphatic heterocycles. The van der Waals surface area contributed by atoms with Crippen LogP contribution in [-0.4, -0.2) is 28.3 Å². The number of carbonyl (C=O) groups excluding carboxylic acids is 1. The zero-order valence-corrected chi connectivity index (χ0v) is 18.7. The highest BCUT2D eigenvalue weighted by Gasteiger charge is 2.33. The van der Waals surface area contributed by atoms with Crippen molar-refractivity contribution in [2.45, 2.75) is 50.6 Å². The molecule has 1 heterocycles. The predicted molar refractivity (Wildman–Crippen MR) is 126 cm³/mol. The number of benzene rings is 1. The molecule has 0 unspecified atom stereocenters. The van der Waals surface area contributed by atoms with Gasteiger partial charge >= 0.3 is 0 Å².